The van der Waals surface area contributed by atoms with Crippen LogP contribution in [0.25, 0.3) is 0 Å². The quantitative estimate of drug-likeness (QED) is 0.573. The predicted octanol–water partition coefficient (Wildman–Crippen LogP) is 4.67. The zero-order valence-corrected chi connectivity index (χ0v) is 12.9. The molecule has 0 saturated heterocycles. The normalized spacial score (nSPS) is 10.2. The molecule has 0 saturated carbocycles. The fourth-order valence-electron chi connectivity index (χ4n) is 1.76. The molecule has 0 unspecified atom stereocenters. The van der Waals surface area contributed by atoms with Crippen molar-refractivity contribution in [1.82, 2.24) is 5.43 Å². The van der Waals surface area contributed by atoms with Crippen molar-refractivity contribution in [3.05, 3.63) is 70.7 Å². The molecule has 0 heterocycles. The van der Waals surface area contributed by atoms with E-state index in [1.165, 1.54) is 0 Å². The number of anilines is 1. The number of halogens is 2. The fraction of sp³-hybridized carbons (Fsp3) is 0.125. The van der Waals surface area contributed by atoms with Crippen LogP contribution >= 0.6 is 23.2 Å². The standard InChI is InChI=1S/C16H16Cl2N2O/c1-2-8-21-16-14(17)9-12(10-15(16)18)11-19-20-13-6-4-3-5-7-13/h2-7,9-10,19-20H,1,8,11H2. The second-order valence-electron chi connectivity index (χ2n) is 4.33. The molecule has 2 rings (SSSR count). The zero-order chi connectivity index (χ0) is 15.1. The minimum absolute atomic E-state index is 0.368. The molecule has 0 atom stereocenters. The van der Waals surface area contributed by atoms with E-state index in [0.29, 0.717) is 28.9 Å². The van der Waals surface area contributed by atoms with Gasteiger partial charge in [0.25, 0.3) is 0 Å². The number of nitrogens with one attached hydrogen (secondary N) is 2. The maximum Gasteiger partial charge on any atom is 0.156 e. The smallest absolute Gasteiger partial charge is 0.156 e. The van der Waals surface area contributed by atoms with Crippen LogP contribution < -0.4 is 15.6 Å². The van der Waals surface area contributed by atoms with Gasteiger partial charge in [0, 0.05) is 12.2 Å². The lowest BCUT2D eigenvalue weighted by Gasteiger charge is -2.12. The highest BCUT2D eigenvalue weighted by Gasteiger charge is 2.09. The Balaban J connectivity index is 1.96. The summed E-state index contributed by atoms with van der Waals surface area (Å²) < 4.78 is 5.43. The molecule has 2 N–H and O–H groups in total. The number of para-hydroxylation sites is 1. The lowest BCUT2D eigenvalue weighted by molar-refractivity contribution is 0.363. The zero-order valence-electron chi connectivity index (χ0n) is 11.4. The molecule has 2 aromatic rings. The minimum atomic E-state index is 0.368. The summed E-state index contributed by atoms with van der Waals surface area (Å²) in [5.41, 5.74) is 8.16. The summed E-state index contributed by atoms with van der Waals surface area (Å²) >= 11 is 12.3. The van der Waals surface area contributed by atoms with E-state index in [9.17, 15) is 0 Å². The number of hydrogen-bond donors (Lipinski definition) is 2. The maximum atomic E-state index is 6.17. The summed E-state index contributed by atoms with van der Waals surface area (Å²) in [4.78, 5) is 0. The monoisotopic (exact) mass is 322 g/mol. The minimum Gasteiger partial charge on any atom is -0.486 e. The molecule has 0 aliphatic carbocycles. The van der Waals surface area contributed by atoms with Gasteiger partial charge in [0.15, 0.2) is 5.75 Å². The van der Waals surface area contributed by atoms with Crippen molar-refractivity contribution >= 4 is 28.9 Å². The molecule has 5 heteroatoms. The fourth-order valence-corrected chi connectivity index (χ4v) is 2.41. The molecule has 3 nitrogen and oxygen atoms in total. The predicted molar refractivity (Wildman–Crippen MR) is 89.1 cm³/mol. The van der Waals surface area contributed by atoms with Gasteiger partial charge in [0.2, 0.25) is 0 Å². The van der Waals surface area contributed by atoms with Crippen LogP contribution in [0, 0.1) is 0 Å². The van der Waals surface area contributed by atoms with Crippen molar-refractivity contribution in [2.24, 2.45) is 0 Å². The van der Waals surface area contributed by atoms with E-state index in [1.54, 1.807) is 6.08 Å². The van der Waals surface area contributed by atoms with Crippen LogP contribution in [0.15, 0.2) is 55.1 Å². The number of benzene rings is 2. The van der Waals surface area contributed by atoms with Crippen LogP contribution in [0.3, 0.4) is 0 Å². The van der Waals surface area contributed by atoms with E-state index in [2.05, 4.69) is 17.4 Å². The van der Waals surface area contributed by atoms with Gasteiger partial charge in [-0.15, -0.1) is 0 Å². The van der Waals surface area contributed by atoms with Crippen LogP contribution in [0.5, 0.6) is 5.75 Å². The molecular weight excluding hydrogens is 307 g/mol. The largest absolute Gasteiger partial charge is 0.486 e. The van der Waals surface area contributed by atoms with Crippen molar-refractivity contribution in [3.8, 4) is 5.75 Å². The van der Waals surface area contributed by atoms with E-state index in [4.69, 9.17) is 27.9 Å². The molecule has 0 aliphatic rings. The molecule has 0 spiro atoms. The SMILES string of the molecule is C=CCOc1c(Cl)cc(CNNc2ccccc2)cc1Cl. The highest BCUT2D eigenvalue weighted by molar-refractivity contribution is 6.37. The summed E-state index contributed by atoms with van der Waals surface area (Å²) in [6.45, 7) is 4.54. The highest BCUT2D eigenvalue weighted by Crippen LogP contribution is 2.34. The molecule has 0 aromatic heterocycles. The van der Waals surface area contributed by atoms with Gasteiger partial charge in [-0.2, -0.15) is 0 Å². The van der Waals surface area contributed by atoms with E-state index < -0.39 is 0 Å². The van der Waals surface area contributed by atoms with Crippen molar-refractivity contribution in [3.63, 3.8) is 0 Å². The summed E-state index contributed by atoms with van der Waals surface area (Å²) in [5.74, 6) is 0.484. The third-order valence-corrected chi connectivity index (χ3v) is 3.26. The van der Waals surface area contributed by atoms with Gasteiger partial charge in [0.05, 0.1) is 10.0 Å². The van der Waals surface area contributed by atoms with Gasteiger partial charge < -0.3 is 10.2 Å². The molecule has 0 radical (unpaired) electrons. The molecule has 110 valence electrons. The van der Waals surface area contributed by atoms with Crippen molar-refractivity contribution in [2.75, 3.05) is 12.0 Å². The van der Waals surface area contributed by atoms with Crippen molar-refractivity contribution in [2.45, 2.75) is 6.54 Å². The first-order valence-corrected chi connectivity index (χ1v) is 7.22. The number of rotatable bonds is 7. The van der Waals surface area contributed by atoms with Crippen LogP contribution in [-0.4, -0.2) is 6.61 Å². The summed E-state index contributed by atoms with van der Waals surface area (Å²) in [6.07, 6.45) is 1.64. The first-order chi connectivity index (χ1) is 10.2. The Kier molecular flexibility index (Phi) is 5.93. The molecule has 2 aromatic carbocycles. The maximum absolute atomic E-state index is 6.17. The number of hydrogen-bond acceptors (Lipinski definition) is 3. The highest BCUT2D eigenvalue weighted by atomic mass is 35.5. The van der Waals surface area contributed by atoms with Gasteiger partial charge in [-0.3, -0.25) is 0 Å². The van der Waals surface area contributed by atoms with Gasteiger partial charge in [-0.1, -0.05) is 54.1 Å². The first-order valence-electron chi connectivity index (χ1n) is 6.46. The first kappa shape index (κ1) is 15.7. The van der Waals surface area contributed by atoms with Crippen LogP contribution in [0.4, 0.5) is 5.69 Å². The third kappa shape index (κ3) is 4.67. The van der Waals surface area contributed by atoms with Crippen molar-refractivity contribution < 1.29 is 4.74 Å². The van der Waals surface area contributed by atoms with Gasteiger partial charge in [-0.05, 0) is 29.8 Å². The van der Waals surface area contributed by atoms with Gasteiger partial charge in [-0.25, -0.2) is 5.43 Å². The van der Waals surface area contributed by atoms with Crippen LogP contribution in [0.2, 0.25) is 10.0 Å². The average Bonchev–Trinajstić information content (AvgIpc) is 2.48. The Bertz CT molecular complexity index is 579. The van der Waals surface area contributed by atoms with Crippen molar-refractivity contribution in [1.29, 1.82) is 0 Å². The summed E-state index contributed by atoms with van der Waals surface area (Å²) in [6, 6.07) is 13.5. The Morgan fingerprint density at radius 3 is 2.38 bits per heavy atom. The summed E-state index contributed by atoms with van der Waals surface area (Å²) in [5, 5.41) is 0.974. The number of ether oxygens (including phenoxy) is 1. The molecular formula is C16H16Cl2N2O. The Morgan fingerprint density at radius 1 is 1.10 bits per heavy atom. The Morgan fingerprint density at radius 2 is 1.76 bits per heavy atom. The molecule has 0 fully saturated rings. The molecule has 21 heavy (non-hydrogen) atoms. The van der Waals surface area contributed by atoms with Crippen LogP contribution in [-0.2, 0) is 6.54 Å². The second-order valence-corrected chi connectivity index (χ2v) is 5.15. The van der Waals surface area contributed by atoms with Gasteiger partial charge >= 0.3 is 0 Å². The lowest BCUT2D eigenvalue weighted by Crippen LogP contribution is -2.20. The second kappa shape index (κ2) is 7.93. The van der Waals surface area contributed by atoms with E-state index in [1.807, 2.05) is 42.5 Å². The Labute approximate surface area is 134 Å². The van der Waals surface area contributed by atoms with E-state index in [0.717, 1.165) is 11.3 Å². The molecule has 0 bridgehead atoms. The Hall–Kier alpha value is -1.68. The molecule has 0 aliphatic heterocycles. The number of hydrazine groups is 1. The lowest BCUT2D eigenvalue weighted by atomic mass is 10.2. The van der Waals surface area contributed by atoms with E-state index >= 15 is 0 Å². The summed E-state index contributed by atoms with van der Waals surface area (Å²) in [7, 11) is 0. The van der Waals surface area contributed by atoms with Gasteiger partial charge in [0.1, 0.15) is 6.61 Å². The van der Waals surface area contributed by atoms with E-state index in [-0.39, 0.29) is 0 Å². The third-order valence-electron chi connectivity index (χ3n) is 2.70. The average molecular weight is 323 g/mol. The topological polar surface area (TPSA) is 33.3 Å². The molecule has 0 amide bonds. The van der Waals surface area contributed by atoms with Crippen LogP contribution in [0.1, 0.15) is 5.56 Å².